The van der Waals surface area contributed by atoms with Crippen molar-refractivity contribution in [1.29, 1.82) is 5.26 Å². The Balaban J connectivity index is 0.914. The van der Waals surface area contributed by atoms with Crippen molar-refractivity contribution in [3.63, 3.8) is 0 Å². The fourth-order valence-electron chi connectivity index (χ4n) is 9.79. The Morgan fingerprint density at radius 1 is 0.328 bits per heavy atom. The molecule has 0 saturated carbocycles. The van der Waals surface area contributed by atoms with Gasteiger partial charge in [-0.2, -0.15) is 5.26 Å². The minimum absolute atomic E-state index is 0.626. The van der Waals surface area contributed by atoms with Crippen molar-refractivity contribution in [3.8, 4) is 28.6 Å². The molecule has 0 fully saturated rings. The number of nitriles is 1. The van der Waals surface area contributed by atoms with Gasteiger partial charge < -0.3 is 18.9 Å². The molecule has 0 N–H and O–H groups in total. The van der Waals surface area contributed by atoms with E-state index >= 15 is 0 Å². The van der Waals surface area contributed by atoms with Gasteiger partial charge in [0, 0.05) is 67.0 Å². The highest BCUT2D eigenvalue weighted by molar-refractivity contribution is 6.12. The van der Waals surface area contributed by atoms with Gasteiger partial charge in [0.25, 0.3) is 0 Å². The number of aryl methyl sites for hydroxylation is 1. The minimum Gasteiger partial charge on any atom is -0.310 e. The zero-order valence-electron chi connectivity index (χ0n) is 36.8. The molecule has 0 aliphatic carbocycles. The van der Waals surface area contributed by atoms with Crippen LogP contribution in [-0.2, 0) is 0 Å². The van der Waals surface area contributed by atoms with Gasteiger partial charge in [0.2, 0.25) is 0 Å². The lowest BCUT2D eigenvalue weighted by Crippen LogP contribution is -2.10. The summed E-state index contributed by atoms with van der Waals surface area (Å²) >= 11 is 0. The molecular formula is C62H43N5. The number of hydrogen-bond donors (Lipinski definition) is 0. The van der Waals surface area contributed by atoms with Crippen molar-refractivity contribution in [2.24, 2.45) is 0 Å². The van der Waals surface area contributed by atoms with E-state index in [0.29, 0.717) is 5.56 Å². The number of benzene rings is 10. The molecule has 0 aliphatic rings. The first-order valence-electron chi connectivity index (χ1n) is 22.6. The number of aromatic nitrogens is 2. The molecule has 12 aromatic rings. The first kappa shape index (κ1) is 39.5. The maximum atomic E-state index is 9.67. The van der Waals surface area contributed by atoms with Crippen molar-refractivity contribution in [3.05, 3.63) is 254 Å². The van der Waals surface area contributed by atoms with Crippen LogP contribution in [-0.4, -0.2) is 9.13 Å². The van der Waals surface area contributed by atoms with Gasteiger partial charge in [0.15, 0.2) is 0 Å². The Kier molecular flexibility index (Phi) is 9.70. The van der Waals surface area contributed by atoms with Crippen LogP contribution < -0.4 is 9.80 Å². The highest BCUT2D eigenvalue weighted by Crippen LogP contribution is 2.43. The van der Waals surface area contributed by atoms with E-state index in [0.717, 1.165) is 67.7 Å². The van der Waals surface area contributed by atoms with Crippen molar-refractivity contribution in [2.75, 3.05) is 9.80 Å². The highest BCUT2D eigenvalue weighted by atomic mass is 15.1. The van der Waals surface area contributed by atoms with Crippen LogP contribution in [0, 0.1) is 18.3 Å². The van der Waals surface area contributed by atoms with Crippen LogP contribution in [0.3, 0.4) is 0 Å². The molecule has 0 aliphatic heterocycles. The molecule has 0 saturated heterocycles. The van der Waals surface area contributed by atoms with Gasteiger partial charge in [-0.3, -0.25) is 0 Å². The summed E-state index contributed by atoms with van der Waals surface area (Å²) in [4.78, 5) is 4.62. The predicted octanol–water partition coefficient (Wildman–Crippen LogP) is 16.7. The molecule has 5 heteroatoms. The van der Waals surface area contributed by atoms with E-state index in [2.05, 4.69) is 250 Å². The van der Waals surface area contributed by atoms with Crippen LogP contribution in [0.25, 0.3) is 66.1 Å². The predicted molar refractivity (Wildman–Crippen MR) is 279 cm³/mol. The average Bonchev–Trinajstić information content (AvgIpc) is 3.91. The van der Waals surface area contributed by atoms with Crippen molar-refractivity contribution in [1.82, 2.24) is 9.13 Å². The normalized spacial score (nSPS) is 11.3. The molecule has 12 rings (SSSR count). The van der Waals surface area contributed by atoms with Gasteiger partial charge in [0.1, 0.15) is 0 Å². The van der Waals surface area contributed by atoms with E-state index in [1.165, 1.54) is 38.1 Å². The summed E-state index contributed by atoms with van der Waals surface area (Å²) in [7, 11) is 0. The Morgan fingerprint density at radius 3 is 1.09 bits per heavy atom. The van der Waals surface area contributed by atoms with Crippen LogP contribution in [0.4, 0.5) is 34.1 Å². The number of rotatable bonds is 9. The lowest BCUT2D eigenvalue weighted by atomic mass is 10.0. The summed E-state index contributed by atoms with van der Waals surface area (Å²) in [6, 6.07) is 88.6. The summed E-state index contributed by atoms with van der Waals surface area (Å²) in [6.07, 6.45) is 0. The Bertz CT molecular complexity index is 3790. The van der Waals surface area contributed by atoms with E-state index in [1.54, 1.807) is 0 Å². The monoisotopic (exact) mass is 857 g/mol. The van der Waals surface area contributed by atoms with Crippen molar-refractivity contribution < 1.29 is 0 Å². The van der Waals surface area contributed by atoms with Gasteiger partial charge in [-0.25, -0.2) is 0 Å². The highest BCUT2D eigenvalue weighted by Gasteiger charge is 2.20. The zero-order chi connectivity index (χ0) is 44.8. The molecule has 0 radical (unpaired) electrons. The fraction of sp³-hybridized carbons (Fsp3) is 0.0161. The maximum Gasteiger partial charge on any atom is 0.0991 e. The first-order chi connectivity index (χ1) is 33.1. The standard InChI is InChI=1S/C62H43N5/c1-43-20-28-49(29-21-43)64(53-36-38-61-57(40-53)55-16-8-10-18-59(55)66(61)47-12-4-2-5-13-47)51-32-24-45(25-33-51)46-26-34-52(35-27-46)65(50-30-22-44(42-63)23-31-50)54-37-39-62-58(41-54)56-17-9-11-19-60(56)67(62)48-14-6-3-7-15-48/h2-41H,1H3. The molecule has 2 heterocycles. The molecule has 10 aromatic carbocycles. The second-order valence-corrected chi connectivity index (χ2v) is 17.0. The zero-order valence-corrected chi connectivity index (χ0v) is 36.8. The lowest BCUT2D eigenvalue weighted by Gasteiger charge is -2.26. The summed E-state index contributed by atoms with van der Waals surface area (Å²) in [5.74, 6) is 0. The van der Waals surface area contributed by atoms with E-state index in [9.17, 15) is 5.26 Å². The maximum absolute atomic E-state index is 9.67. The fourth-order valence-corrected chi connectivity index (χ4v) is 9.79. The van der Waals surface area contributed by atoms with Gasteiger partial charge in [-0.1, -0.05) is 115 Å². The van der Waals surface area contributed by atoms with E-state index in [-0.39, 0.29) is 0 Å². The van der Waals surface area contributed by atoms with Crippen molar-refractivity contribution in [2.45, 2.75) is 6.92 Å². The number of fused-ring (bicyclic) bond motifs is 6. The molecule has 2 aromatic heterocycles. The van der Waals surface area contributed by atoms with E-state index in [4.69, 9.17) is 0 Å². The van der Waals surface area contributed by atoms with E-state index < -0.39 is 0 Å². The second-order valence-electron chi connectivity index (χ2n) is 17.0. The largest absolute Gasteiger partial charge is 0.310 e. The number of nitrogens with zero attached hydrogens (tertiary/aromatic N) is 5. The van der Waals surface area contributed by atoms with Crippen LogP contribution in [0.1, 0.15) is 11.1 Å². The molecule has 0 unspecified atom stereocenters. The Morgan fingerprint density at radius 2 is 0.672 bits per heavy atom. The minimum atomic E-state index is 0.626. The number of hydrogen-bond acceptors (Lipinski definition) is 3. The smallest absolute Gasteiger partial charge is 0.0991 e. The summed E-state index contributed by atoms with van der Waals surface area (Å²) in [5, 5.41) is 14.5. The third-order valence-corrected chi connectivity index (χ3v) is 13.0. The van der Waals surface area contributed by atoms with Crippen molar-refractivity contribution >= 4 is 77.7 Å². The molecular weight excluding hydrogens is 815 g/mol. The van der Waals surface area contributed by atoms with Crippen LogP contribution in [0.15, 0.2) is 243 Å². The molecule has 5 nitrogen and oxygen atoms in total. The lowest BCUT2D eigenvalue weighted by molar-refractivity contribution is 1.18. The molecule has 0 atom stereocenters. The van der Waals surface area contributed by atoms with Gasteiger partial charge in [-0.15, -0.1) is 0 Å². The third-order valence-electron chi connectivity index (χ3n) is 13.0. The molecule has 0 spiro atoms. The quantitative estimate of drug-likeness (QED) is 0.145. The second kappa shape index (κ2) is 16.5. The SMILES string of the molecule is Cc1ccc(N(c2ccc(-c3ccc(N(c4ccc(C#N)cc4)c4ccc5c(c4)c4ccccc4n5-c4ccccc4)cc3)cc2)c2ccc3c(c2)c2ccccc2n3-c2ccccc2)cc1. The topological polar surface area (TPSA) is 40.1 Å². The Labute approximate surface area is 389 Å². The van der Waals surface area contributed by atoms with Gasteiger partial charge in [0.05, 0.1) is 33.7 Å². The van der Waals surface area contributed by atoms with Crippen LogP contribution in [0.2, 0.25) is 0 Å². The van der Waals surface area contributed by atoms with E-state index in [1.807, 2.05) is 24.3 Å². The van der Waals surface area contributed by atoms with Crippen LogP contribution >= 0.6 is 0 Å². The molecule has 0 bridgehead atoms. The third kappa shape index (κ3) is 6.96. The molecule has 67 heavy (non-hydrogen) atoms. The number of para-hydroxylation sites is 4. The van der Waals surface area contributed by atoms with Gasteiger partial charge in [-0.05, 0) is 152 Å². The first-order valence-corrected chi connectivity index (χ1v) is 22.6. The summed E-state index contributed by atoms with van der Waals surface area (Å²) in [6.45, 7) is 2.13. The molecule has 316 valence electrons. The average molecular weight is 858 g/mol. The number of anilines is 6. The van der Waals surface area contributed by atoms with Crippen LogP contribution in [0.5, 0.6) is 0 Å². The Hall–Kier alpha value is -9.11. The van der Waals surface area contributed by atoms with Gasteiger partial charge >= 0.3 is 0 Å². The molecule has 0 amide bonds. The summed E-state index contributed by atoms with van der Waals surface area (Å²) in [5.41, 5.74) is 17.3. The summed E-state index contributed by atoms with van der Waals surface area (Å²) < 4.78 is 4.70.